The van der Waals surface area contributed by atoms with Gasteiger partial charge in [-0.25, -0.2) is 0 Å². The zero-order valence-corrected chi connectivity index (χ0v) is 13.3. The van der Waals surface area contributed by atoms with Crippen LogP contribution in [0.4, 0.5) is 0 Å². The minimum atomic E-state index is -0.860. The van der Waals surface area contributed by atoms with Gasteiger partial charge >= 0.3 is 5.97 Å². The minimum absolute atomic E-state index is 0.0247. The molecule has 2 aromatic heterocycles. The van der Waals surface area contributed by atoms with Crippen molar-refractivity contribution in [2.24, 2.45) is 0 Å². The Morgan fingerprint density at radius 2 is 1.96 bits per heavy atom. The Morgan fingerprint density at radius 1 is 1.17 bits per heavy atom. The van der Waals surface area contributed by atoms with Gasteiger partial charge in [-0.3, -0.25) is 14.6 Å². The van der Waals surface area contributed by atoms with E-state index in [2.05, 4.69) is 9.97 Å². The van der Waals surface area contributed by atoms with Gasteiger partial charge in [0.2, 0.25) is 0 Å². The number of carboxylic acids is 1. The molecule has 0 saturated carbocycles. The van der Waals surface area contributed by atoms with Gasteiger partial charge < -0.3 is 5.11 Å². The summed E-state index contributed by atoms with van der Waals surface area (Å²) >= 11 is 1.42. The highest BCUT2D eigenvalue weighted by atomic mass is 32.1. The van der Waals surface area contributed by atoms with Crippen LogP contribution in [0.15, 0.2) is 41.2 Å². The Morgan fingerprint density at radius 3 is 2.74 bits per heavy atom. The molecule has 3 aromatic rings. The van der Waals surface area contributed by atoms with Crippen LogP contribution >= 0.6 is 11.3 Å². The molecular formula is C17H14N2O3S. The molecule has 0 saturated heterocycles. The van der Waals surface area contributed by atoms with Gasteiger partial charge in [0.25, 0.3) is 5.56 Å². The normalized spacial score (nSPS) is 10.8. The van der Waals surface area contributed by atoms with Crippen LogP contribution in [0.2, 0.25) is 0 Å². The van der Waals surface area contributed by atoms with Gasteiger partial charge in [-0.15, -0.1) is 11.3 Å². The van der Waals surface area contributed by atoms with Crippen molar-refractivity contribution >= 4 is 27.4 Å². The molecule has 0 amide bonds. The monoisotopic (exact) mass is 326 g/mol. The second kappa shape index (κ2) is 6.26. The lowest BCUT2D eigenvalue weighted by Crippen LogP contribution is -2.07. The predicted molar refractivity (Wildman–Crippen MR) is 89.8 cm³/mol. The number of rotatable bonds is 4. The lowest BCUT2D eigenvalue weighted by molar-refractivity contribution is -0.136. The number of aliphatic carboxylic acids is 1. The highest BCUT2D eigenvalue weighted by molar-refractivity contribution is 7.21. The number of hydrogen-bond acceptors (Lipinski definition) is 5. The molecule has 0 fully saturated rings. The van der Waals surface area contributed by atoms with Crippen molar-refractivity contribution in [3.63, 3.8) is 0 Å². The van der Waals surface area contributed by atoms with Crippen LogP contribution in [0.1, 0.15) is 17.7 Å². The van der Waals surface area contributed by atoms with Crippen LogP contribution in [-0.4, -0.2) is 21.0 Å². The number of carboxylic acid groups (broad SMARTS) is 1. The van der Waals surface area contributed by atoms with Gasteiger partial charge in [0.15, 0.2) is 0 Å². The number of aryl methyl sites for hydroxylation is 2. The summed E-state index contributed by atoms with van der Waals surface area (Å²) in [6, 6.07) is 10.9. The topological polar surface area (TPSA) is 80.2 Å². The van der Waals surface area contributed by atoms with E-state index in [0.29, 0.717) is 28.2 Å². The lowest BCUT2D eigenvalue weighted by atomic mass is 10.2. The quantitative estimate of drug-likeness (QED) is 0.797. The Labute approximate surface area is 136 Å². The molecule has 2 heterocycles. The summed E-state index contributed by atoms with van der Waals surface area (Å²) in [4.78, 5) is 31.5. The molecule has 0 aliphatic rings. The molecule has 0 radical (unpaired) electrons. The number of carbonyl (C=O) groups is 1. The summed E-state index contributed by atoms with van der Waals surface area (Å²) in [7, 11) is 0. The first-order valence-corrected chi connectivity index (χ1v) is 7.95. The Kier molecular flexibility index (Phi) is 4.16. The van der Waals surface area contributed by atoms with Crippen LogP contribution in [0.3, 0.4) is 0 Å². The van der Waals surface area contributed by atoms with Gasteiger partial charge in [0.05, 0.1) is 17.5 Å². The van der Waals surface area contributed by atoms with E-state index in [1.165, 1.54) is 11.3 Å². The minimum Gasteiger partial charge on any atom is -0.481 e. The summed E-state index contributed by atoms with van der Waals surface area (Å²) in [6.45, 7) is 1.96. The van der Waals surface area contributed by atoms with Crippen molar-refractivity contribution in [2.75, 3.05) is 0 Å². The van der Waals surface area contributed by atoms with Gasteiger partial charge in [0, 0.05) is 16.8 Å². The van der Waals surface area contributed by atoms with Crippen LogP contribution < -0.4 is 5.56 Å². The first kappa shape index (κ1) is 15.3. The van der Waals surface area contributed by atoms with Crippen molar-refractivity contribution in [1.29, 1.82) is 0 Å². The SMILES string of the molecule is Cc1cccc2c(=O)nc(-c3cccc(CCC(=O)O)n3)sc12. The van der Waals surface area contributed by atoms with Crippen molar-refractivity contribution in [3.05, 3.63) is 58.0 Å². The molecule has 3 rings (SSSR count). The fraction of sp³-hybridized carbons (Fsp3) is 0.176. The number of hydrogen-bond donors (Lipinski definition) is 1. The molecule has 116 valence electrons. The Balaban J connectivity index is 2.06. The molecule has 6 heteroatoms. The molecule has 5 nitrogen and oxygen atoms in total. The van der Waals surface area contributed by atoms with E-state index in [1.807, 2.05) is 19.1 Å². The summed E-state index contributed by atoms with van der Waals surface area (Å²) in [6.07, 6.45) is 0.377. The number of nitrogens with zero attached hydrogens (tertiary/aromatic N) is 2. The fourth-order valence-corrected chi connectivity index (χ4v) is 3.35. The van der Waals surface area contributed by atoms with E-state index in [-0.39, 0.29) is 12.0 Å². The maximum Gasteiger partial charge on any atom is 0.303 e. The standard InChI is InChI=1S/C17H14N2O3S/c1-10-4-2-6-12-15(10)23-17(19-16(12)22)13-7-3-5-11(18-13)8-9-14(20)21/h2-7H,8-9H2,1H3,(H,20,21). The van der Waals surface area contributed by atoms with Crippen LogP contribution in [-0.2, 0) is 11.2 Å². The highest BCUT2D eigenvalue weighted by Gasteiger charge is 2.10. The van der Waals surface area contributed by atoms with Crippen molar-refractivity contribution in [2.45, 2.75) is 19.8 Å². The van der Waals surface area contributed by atoms with Crippen LogP contribution in [0, 0.1) is 6.92 Å². The number of aromatic nitrogens is 2. The van der Waals surface area contributed by atoms with Gasteiger partial charge in [0.1, 0.15) is 5.01 Å². The van der Waals surface area contributed by atoms with E-state index >= 15 is 0 Å². The Hall–Kier alpha value is -2.60. The second-order valence-electron chi connectivity index (χ2n) is 5.18. The van der Waals surface area contributed by atoms with E-state index in [0.717, 1.165) is 10.3 Å². The molecule has 1 N–H and O–H groups in total. The average molecular weight is 326 g/mol. The number of pyridine rings is 1. The average Bonchev–Trinajstić information content (AvgIpc) is 2.54. The van der Waals surface area contributed by atoms with E-state index in [4.69, 9.17) is 5.11 Å². The van der Waals surface area contributed by atoms with E-state index in [1.54, 1.807) is 24.3 Å². The molecule has 0 unspecified atom stereocenters. The molecule has 1 aromatic carbocycles. The van der Waals surface area contributed by atoms with Gasteiger partial charge in [-0.2, -0.15) is 4.98 Å². The van der Waals surface area contributed by atoms with Crippen molar-refractivity contribution in [3.8, 4) is 10.7 Å². The largest absolute Gasteiger partial charge is 0.481 e. The maximum absolute atomic E-state index is 12.2. The molecular weight excluding hydrogens is 312 g/mol. The first-order valence-electron chi connectivity index (χ1n) is 7.13. The number of fused-ring (bicyclic) bond motifs is 1. The second-order valence-corrected chi connectivity index (χ2v) is 6.18. The summed E-state index contributed by atoms with van der Waals surface area (Å²) in [5.41, 5.74) is 2.03. The smallest absolute Gasteiger partial charge is 0.303 e. The lowest BCUT2D eigenvalue weighted by Gasteiger charge is -2.05. The zero-order valence-electron chi connectivity index (χ0n) is 12.4. The molecule has 0 aliphatic heterocycles. The Bertz CT molecular complexity index is 950. The molecule has 0 atom stereocenters. The van der Waals surface area contributed by atoms with Gasteiger partial charge in [-0.1, -0.05) is 18.2 Å². The number of benzene rings is 1. The fourth-order valence-electron chi connectivity index (χ4n) is 2.31. The molecule has 0 bridgehead atoms. The summed E-state index contributed by atoms with van der Waals surface area (Å²) in [5.74, 6) is -0.860. The first-order chi connectivity index (χ1) is 11.0. The summed E-state index contributed by atoms with van der Waals surface area (Å²) < 4.78 is 0.903. The maximum atomic E-state index is 12.2. The van der Waals surface area contributed by atoms with Crippen LogP contribution in [0.5, 0.6) is 0 Å². The van der Waals surface area contributed by atoms with Crippen LogP contribution in [0.25, 0.3) is 20.8 Å². The summed E-state index contributed by atoms with van der Waals surface area (Å²) in [5, 5.41) is 9.93. The third-order valence-corrected chi connectivity index (χ3v) is 4.70. The van der Waals surface area contributed by atoms with Gasteiger partial charge in [-0.05, 0) is 30.7 Å². The highest BCUT2D eigenvalue weighted by Crippen LogP contribution is 2.27. The molecule has 23 heavy (non-hydrogen) atoms. The van der Waals surface area contributed by atoms with E-state index in [9.17, 15) is 9.59 Å². The third-order valence-electron chi connectivity index (χ3n) is 3.47. The van der Waals surface area contributed by atoms with Crippen molar-refractivity contribution < 1.29 is 9.90 Å². The molecule has 0 aliphatic carbocycles. The molecule has 0 spiro atoms. The zero-order chi connectivity index (χ0) is 16.4. The van der Waals surface area contributed by atoms with Crippen molar-refractivity contribution in [1.82, 2.24) is 9.97 Å². The predicted octanol–water partition coefficient (Wildman–Crippen LogP) is 3.04. The third kappa shape index (κ3) is 3.27. The van der Waals surface area contributed by atoms with E-state index < -0.39 is 5.97 Å².